The molecule has 0 fully saturated rings. The molecule has 0 saturated heterocycles. The predicted molar refractivity (Wildman–Crippen MR) is 54.8 cm³/mol. The van der Waals surface area contributed by atoms with Crippen molar-refractivity contribution in [2.75, 3.05) is 11.9 Å². The Kier molecular flexibility index (Phi) is 3.61. The lowest BCUT2D eigenvalue weighted by atomic mass is 10.3. The average molecular weight is 209 g/mol. The molecule has 1 aromatic heterocycles. The first-order valence-corrected chi connectivity index (χ1v) is 4.24. The van der Waals surface area contributed by atoms with Crippen molar-refractivity contribution >= 4 is 11.9 Å². The molecule has 1 rings (SSSR count). The minimum absolute atomic E-state index is 0.111. The van der Waals surface area contributed by atoms with Gasteiger partial charge in [-0.25, -0.2) is 14.6 Å². The molecular weight excluding hydrogens is 198 g/mol. The van der Waals surface area contributed by atoms with Gasteiger partial charge >= 0.3 is 11.8 Å². The number of hydrogen-bond acceptors (Lipinski definition) is 4. The van der Waals surface area contributed by atoms with Crippen LogP contribution in [0.15, 0.2) is 23.6 Å². The maximum absolute atomic E-state index is 11.1. The molecule has 0 atom stereocenters. The number of aromatic amines is 1. The zero-order chi connectivity index (χ0) is 11.3. The van der Waals surface area contributed by atoms with Crippen LogP contribution in [0.25, 0.3) is 0 Å². The summed E-state index contributed by atoms with van der Waals surface area (Å²) in [5.74, 6) is 0.282. The monoisotopic (exact) mass is 209 g/mol. The minimum Gasteiger partial charge on any atom is -0.445 e. The zero-order valence-corrected chi connectivity index (χ0v) is 8.24. The van der Waals surface area contributed by atoms with Crippen molar-refractivity contribution in [3.63, 3.8) is 0 Å². The molecule has 0 spiro atoms. The number of amides is 1. The summed E-state index contributed by atoms with van der Waals surface area (Å²) >= 11 is 0. The van der Waals surface area contributed by atoms with Gasteiger partial charge in [-0.3, -0.25) is 10.3 Å². The zero-order valence-electron chi connectivity index (χ0n) is 8.24. The molecular formula is C9H11N3O3. The van der Waals surface area contributed by atoms with Gasteiger partial charge in [-0.1, -0.05) is 12.7 Å². The molecule has 0 bridgehead atoms. The van der Waals surface area contributed by atoms with Gasteiger partial charge in [-0.05, 0) is 6.92 Å². The molecule has 0 aliphatic carbocycles. The maximum atomic E-state index is 11.1. The highest BCUT2D eigenvalue weighted by Crippen LogP contribution is 2.05. The van der Waals surface area contributed by atoms with E-state index in [-0.39, 0.29) is 12.4 Å². The van der Waals surface area contributed by atoms with Gasteiger partial charge in [0.1, 0.15) is 12.4 Å². The summed E-state index contributed by atoms with van der Waals surface area (Å²) in [5.41, 5.74) is 0.116. The van der Waals surface area contributed by atoms with E-state index in [0.29, 0.717) is 5.56 Å². The van der Waals surface area contributed by atoms with E-state index in [1.807, 2.05) is 0 Å². The van der Waals surface area contributed by atoms with Crippen LogP contribution in [0.1, 0.15) is 5.56 Å². The molecule has 1 amide bonds. The van der Waals surface area contributed by atoms with Gasteiger partial charge in [-0.15, -0.1) is 0 Å². The number of aromatic nitrogens is 2. The predicted octanol–water partition coefficient (Wildman–Crippen LogP) is 0.813. The van der Waals surface area contributed by atoms with E-state index in [0.717, 1.165) is 0 Å². The molecule has 0 aliphatic heterocycles. The summed E-state index contributed by atoms with van der Waals surface area (Å²) in [5, 5.41) is 2.38. The van der Waals surface area contributed by atoms with E-state index in [1.54, 1.807) is 6.92 Å². The van der Waals surface area contributed by atoms with Crippen molar-refractivity contribution in [3.05, 3.63) is 34.9 Å². The van der Waals surface area contributed by atoms with Gasteiger partial charge in [0.05, 0.1) is 0 Å². The molecule has 0 radical (unpaired) electrons. The molecule has 15 heavy (non-hydrogen) atoms. The number of nitrogens with zero attached hydrogens (tertiary/aromatic N) is 1. The smallest absolute Gasteiger partial charge is 0.413 e. The number of anilines is 1. The van der Waals surface area contributed by atoms with Crippen LogP contribution < -0.4 is 11.0 Å². The summed E-state index contributed by atoms with van der Waals surface area (Å²) in [6.07, 6.45) is 2.16. The lowest BCUT2D eigenvalue weighted by molar-refractivity contribution is 0.174. The number of ether oxygens (including phenoxy) is 1. The number of nitrogens with one attached hydrogen (secondary N) is 2. The summed E-state index contributed by atoms with van der Waals surface area (Å²) in [6.45, 7) is 5.21. The lowest BCUT2D eigenvalue weighted by Crippen LogP contribution is -2.19. The third-order valence-corrected chi connectivity index (χ3v) is 1.56. The summed E-state index contributed by atoms with van der Waals surface area (Å²) in [7, 11) is 0. The van der Waals surface area contributed by atoms with Crippen molar-refractivity contribution in [2.45, 2.75) is 6.92 Å². The third-order valence-electron chi connectivity index (χ3n) is 1.56. The number of carbonyl (C=O) groups excluding carboxylic acids is 1. The molecule has 0 saturated carbocycles. The Balaban J connectivity index is 2.71. The molecule has 1 heterocycles. The van der Waals surface area contributed by atoms with Gasteiger partial charge in [0.2, 0.25) is 0 Å². The molecule has 0 aliphatic rings. The number of hydrogen-bond donors (Lipinski definition) is 2. The van der Waals surface area contributed by atoms with Crippen LogP contribution in [0.3, 0.4) is 0 Å². The molecule has 0 aromatic carbocycles. The van der Waals surface area contributed by atoms with Crippen molar-refractivity contribution < 1.29 is 9.53 Å². The van der Waals surface area contributed by atoms with E-state index in [4.69, 9.17) is 0 Å². The van der Waals surface area contributed by atoms with E-state index < -0.39 is 11.8 Å². The third kappa shape index (κ3) is 3.26. The van der Waals surface area contributed by atoms with E-state index in [9.17, 15) is 9.59 Å². The second kappa shape index (κ2) is 4.94. The van der Waals surface area contributed by atoms with Crippen LogP contribution in [0, 0.1) is 6.92 Å². The first kappa shape index (κ1) is 11.0. The molecule has 6 heteroatoms. The van der Waals surface area contributed by atoms with Crippen LogP contribution in [0.2, 0.25) is 0 Å². The fraction of sp³-hybridized carbons (Fsp3) is 0.222. The minimum atomic E-state index is -0.653. The van der Waals surface area contributed by atoms with Crippen LogP contribution in [-0.2, 0) is 4.74 Å². The highest BCUT2D eigenvalue weighted by molar-refractivity contribution is 5.84. The second-order valence-corrected chi connectivity index (χ2v) is 2.76. The number of carbonyl (C=O) groups is 1. The largest absolute Gasteiger partial charge is 0.445 e. The van der Waals surface area contributed by atoms with Crippen molar-refractivity contribution in [1.82, 2.24) is 9.97 Å². The first-order chi connectivity index (χ1) is 7.13. The molecule has 2 N–H and O–H groups in total. The Hall–Kier alpha value is -2.11. The van der Waals surface area contributed by atoms with E-state index in [1.165, 1.54) is 12.3 Å². The van der Waals surface area contributed by atoms with Gasteiger partial charge in [0.15, 0.2) is 0 Å². The van der Waals surface area contributed by atoms with Crippen molar-refractivity contribution in [3.8, 4) is 0 Å². The van der Waals surface area contributed by atoms with Gasteiger partial charge in [0.25, 0.3) is 0 Å². The number of aryl methyl sites for hydroxylation is 1. The number of H-pyrrole nitrogens is 1. The van der Waals surface area contributed by atoms with Gasteiger partial charge in [0, 0.05) is 11.8 Å². The number of rotatable bonds is 3. The van der Waals surface area contributed by atoms with E-state index in [2.05, 4.69) is 26.6 Å². The Morgan fingerprint density at radius 1 is 1.80 bits per heavy atom. The van der Waals surface area contributed by atoms with Crippen molar-refractivity contribution in [1.29, 1.82) is 0 Å². The fourth-order valence-electron chi connectivity index (χ4n) is 0.860. The van der Waals surface area contributed by atoms with Crippen molar-refractivity contribution in [2.24, 2.45) is 0 Å². The quantitative estimate of drug-likeness (QED) is 0.721. The molecule has 80 valence electrons. The standard InChI is InChI=1S/C9H11N3O3/c1-3-4-15-9(14)12-7-6(2)5-10-8(13)11-7/h3,5H,1,4H2,2H3,(H2,10,11,12,13,14). The van der Waals surface area contributed by atoms with E-state index >= 15 is 0 Å². The summed E-state index contributed by atoms with van der Waals surface area (Å²) in [4.78, 5) is 27.8. The summed E-state index contributed by atoms with van der Waals surface area (Å²) < 4.78 is 4.68. The Morgan fingerprint density at radius 3 is 3.20 bits per heavy atom. The normalized spacial score (nSPS) is 9.40. The Labute approximate surface area is 86.0 Å². The molecule has 1 aromatic rings. The average Bonchev–Trinajstić information content (AvgIpc) is 2.20. The summed E-state index contributed by atoms with van der Waals surface area (Å²) in [6, 6.07) is 0. The lowest BCUT2D eigenvalue weighted by Gasteiger charge is -2.06. The van der Waals surface area contributed by atoms with Crippen LogP contribution >= 0.6 is 0 Å². The SMILES string of the molecule is C=CCOC(=O)Nc1[nH]c(=O)ncc1C. The Morgan fingerprint density at radius 2 is 2.53 bits per heavy atom. The molecule has 6 nitrogen and oxygen atoms in total. The van der Waals surface area contributed by atoms with Crippen LogP contribution in [0.4, 0.5) is 10.6 Å². The highest BCUT2D eigenvalue weighted by Gasteiger charge is 2.05. The highest BCUT2D eigenvalue weighted by atomic mass is 16.5. The van der Waals surface area contributed by atoms with Crippen LogP contribution in [0.5, 0.6) is 0 Å². The fourth-order valence-corrected chi connectivity index (χ4v) is 0.860. The molecule has 0 unspecified atom stereocenters. The topological polar surface area (TPSA) is 84.1 Å². The van der Waals surface area contributed by atoms with Crippen LogP contribution in [-0.4, -0.2) is 22.7 Å². The maximum Gasteiger partial charge on any atom is 0.413 e. The first-order valence-electron chi connectivity index (χ1n) is 4.24. The van der Waals surface area contributed by atoms with Gasteiger partial charge < -0.3 is 4.74 Å². The Bertz CT molecular complexity index is 425. The second-order valence-electron chi connectivity index (χ2n) is 2.76. The van der Waals surface area contributed by atoms with Gasteiger partial charge in [-0.2, -0.15) is 0 Å².